The maximum atomic E-state index is 12.8. The Bertz CT molecular complexity index is 1160. The van der Waals surface area contributed by atoms with Gasteiger partial charge in [-0.25, -0.2) is 4.79 Å². The van der Waals surface area contributed by atoms with Gasteiger partial charge in [0.2, 0.25) is 0 Å². The van der Waals surface area contributed by atoms with Gasteiger partial charge in [-0.1, -0.05) is 24.3 Å². The van der Waals surface area contributed by atoms with E-state index >= 15 is 0 Å². The van der Waals surface area contributed by atoms with E-state index < -0.39 is 5.97 Å². The first-order valence-corrected chi connectivity index (χ1v) is 8.84. The van der Waals surface area contributed by atoms with E-state index in [4.69, 9.17) is 10.5 Å². The zero-order valence-corrected chi connectivity index (χ0v) is 16.3. The van der Waals surface area contributed by atoms with Gasteiger partial charge in [-0.3, -0.25) is 4.79 Å². The van der Waals surface area contributed by atoms with Crippen LogP contribution in [-0.2, 0) is 4.74 Å². The van der Waals surface area contributed by atoms with Crippen LogP contribution in [0.5, 0.6) is 0 Å². The van der Waals surface area contributed by atoms with Crippen molar-refractivity contribution >= 4 is 23.3 Å². The molecule has 1 heterocycles. The number of nitrogens with zero attached hydrogens (tertiary/aromatic N) is 2. The van der Waals surface area contributed by atoms with E-state index in [-0.39, 0.29) is 22.9 Å². The van der Waals surface area contributed by atoms with E-state index in [0.29, 0.717) is 16.9 Å². The van der Waals surface area contributed by atoms with Crippen molar-refractivity contribution < 1.29 is 14.3 Å². The third-order valence-electron chi connectivity index (χ3n) is 4.59. The summed E-state index contributed by atoms with van der Waals surface area (Å²) in [7, 11) is 1.24. The van der Waals surface area contributed by atoms with Gasteiger partial charge in [-0.2, -0.15) is 5.26 Å². The highest BCUT2D eigenvalue weighted by Gasteiger charge is 2.23. The number of carbonyl (C=O) groups is 2. The summed E-state index contributed by atoms with van der Waals surface area (Å²) in [6.07, 6.45) is 1.46. The number of hydrogen-bond acceptors (Lipinski definition) is 5. The number of methoxy groups -OCH3 is 1. The number of carbonyl (C=O) groups excluding carboxylic acids is 2. The number of anilines is 2. The number of ether oxygens (including phenoxy) is 1. The Morgan fingerprint density at radius 1 is 1.17 bits per heavy atom. The summed E-state index contributed by atoms with van der Waals surface area (Å²) in [5.41, 5.74) is 9.44. The highest BCUT2D eigenvalue weighted by Crippen LogP contribution is 2.30. The van der Waals surface area contributed by atoms with Gasteiger partial charge in [0.1, 0.15) is 6.07 Å². The number of rotatable bonds is 4. The summed E-state index contributed by atoms with van der Waals surface area (Å²) >= 11 is 0. The number of hydrogen-bond donors (Lipinski definition) is 2. The van der Waals surface area contributed by atoms with E-state index in [2.05, 4.69) is 5.32 Å². The lowest BCUT2D eigenvalue weighted by Crippen LogP contribution is -2.17. The fraction of sp³-hybridized carbons (Fsp3) is 0.136. The number of nitrogen functional groups attached to an aromatic ring is 1. The number of aromatic nitrogens is 1. The minimum atomic E-state index is -0.679. The molecule has 1 aromatic heterocycles. The molecule has 0 aliphatic rings. The molecule has 0 unspecified atom stereocenters. The van der Waals surface area contributed by atoms with Crippen LogP contribution < -0.4 is 11.1 Å². The monoisotopic (exact) mass is 388 g/mol. The molecule has 0 bridgehead atoms. The predicted octanol–water partition coefficient (Wildman–Crippen LogP) is 3.59. The minimum absolute atomic E-state index is 0.0250. The molecule has 0 atom stereocenters. The highest BCUT2D eigenvalue weighted by molar-refractivity contribution is 6.06. The van der Waals surface area contributed by atoms with Crippen molar-refractivity contribution in [1.29, 1.82) is 5.26 Å². The Morgan fingerprint density at radius 2 is 1.90 bits per heavy atom. The topological polar surface area (TPSA) is 110 Å². The summed E-state index contributed by atoms with van der Waals surface area (Å²) in [6, 6.07) is 14.6. The van der Waals surface area contributed by atoms with Crippen LogP contribution in [0, 0.1) is 25.2 Å². The van der Waals surface area contributed by atoms with Crippen molar-refractivity contribution in [2.24, 2.45) is 0 Å². The molecule has 7 nitrogen and oxygen atoms in total. The van der Waals surface area contributed by atoms with Crippen LogP contribution in [0.15, 0.2) is 48.7 Å². The number of amides is 1. The predicted molar refractivity (Wildman–Crippen MR) is 110 cm³/mol. The summed E-state index contributed by atoms with van der Waals surface area (Å²) in [4.78, 5) is 25.1. The van der Waals surface area contributed by atoms with Crippen molar-refractivity contribution in [3.8, 4) is 11.8 Å². The van der Waals surface area contributed by atoms with Gasteiger partial charge >= 0.3 is 5.97 Å². The van der Waals surface area contributed by atoms with Crippen LogP contribution >= 0.6 is 0 Å². The number of nitriles is 1. The van der Waals surface area contributed by atoms with Crippen molar-refractivity contribution in [3.63, 3.8) is 0 Å². The van der Waals surface area contributed by atoms with Crippen molar-refractivity contribution in [2.45, 2.75) is 13.8 Å². The van der Waals surface area contributed by atoms with E-state index in [9.17, 15) is 14.9 Å². The van der Waals surface area contributed by atoms with Crippen molar-refractivity contribution in [2.75, 3.05) is 18.2 Å². The van der Waals surface area contributed by atoms with Crippen LogP contribution in [0.1, 0.15) is 37.5 Å². The molecule has 0 aliphatic carbocycles. The Morgan fingerprint density at radius 3 is 2.55 bits per heavy atom. The van der Waals surface area contributed by atoms with E-state index in [1.165, 1.54) is 17.9 Å². The number of esters is 1. The van der Waals surface area contributed by atoms with Gasteiger partial charge in [0.15, 0.2) is 5.69 Å². The smallest absolute Gasteiger partial charge is 0.357 e. The molecule has 3 aromatic rings. The fourth-order valence-electron chi connectivity index (χ4n) is 3.07. The molecule has 0 radical (unpaired) electrons. The lowest BCUT2D eigenvalue weighted by Gasteiger charge is -2.16. The first-order chi connectivity index (χ1) is 13.9. The molecule has 146 valence electrons. The quantitative estimate of drug-likeness (QED) is 0.664. The number of nitrogens with one attached hydrogen (secondary N) is 1. The van der Waals surface area contributed by atoms with E-state index in [1.807, 2.05) is 38.1 Å². The number of benzene rings is 2. The van der Waals surface area contributed by atoms with E-state index in [0.717, 1.165) is 11.1 Å². The van der Waals surface area contributed by atoms with Gasteiger partial charge in [0.05, 0.1) is 29.7 Å². The first kappa shape index (κ1) is 19.7. The molecular formula is C22H20N4O3. The molecule has 7 heteroatoms. The Hall–Kier alpha value is -4.05. The summed E-state index contributed by atoms with van der Waals surface area (Å²) < 4.78 is 6.31. The highest BCUT2D eigenvalue weighted by atomic mass is 16.5. The van der Waals surface area contributed by atoms with Gasteiger partial charge in [-0.15, -0.1) is 0 Å². The molecule has 0 aliphatic heterocycles. The average Bonchev–Trinajstić information content (AvgIpc) is 3.05. The van der Waals surface area contributed by atoms with Crippen LogP contribution in [0.25, 0.3) is 5.69 Å². The van der Waals surface area contributed by atoms with Crippen LogP contribution in [0.3, 0.4) is 0 Å². The summed E-state index contributed by atoms with van der Waals surface area (Å²) in [5, 5.41) is 12.2. The third kappa shape index (κ3) is 3.69. The normalized spacial score (nSPS) is 10.3. The second-order valence-corrected chi connectivity index (χ2v) is 6.57. The van der Waals surface area contributed by atoms with Gasteiger partial charge < -0.3 is 20.4 Å². The fourth-order valence-corrected chi connectivity index (χ4v) is 3.07. The first-order valence-electron chi connectivity index (χ1n) is 8.84. The Balaban J connectivity index is 2.14. The maximum absolute atomic E-state index is 12.8. The molecule has 29 heavy (non-hydrogen) atoms. The van der Waals surface area contributed by atoms with Crippen molar-refractivity contribution in [3.05, 3.63) is 76.6 Å². The lowest BCUT2D eigenvalue weighted by molar-refractivity contribution is 0.0593. The molecule has 0 spiro atoms. The SMILES string of the molecule is COC(=O)c1c(N)c(C#N)cn1-c1cc(C)ccc1NC(=O)c1ccccc1C. The second kappa shape index (κ2) is 7.90. The van der Waals surface area contributed by atoms with Crippen LogP contribution in [-0.4, -0.2) is 23.6 Å². The molecule has 0 saturated heterocycles. The van der Waals surface area contributed by atoms with Crippen LogP contribution in [0.4, 0.5) is 11.4 Å². The summed E-state index contributed by atoms with van der Waals surface area (Å²) in [5.74, 6) is -0.963. The van der Waals surface area contributed by atoms with Gasteiger partial charge in [0.25, 0.3) is 5.91 Å². The molecular weight excluding hydrogens is 368 g/mol. The third-order valence-corrected chi connectivity index (χ3v) is 4.59. The molecule has 3 rings (SSSR count). The van der Waals surface area contributed by atoms with Gasteiger partial charge in [-0.05, 0) is 43.2 Å². The molecule has 0 saturated carbocycles. The molecule has 0 fully saturated rings. The largest absolute Gasteiger partial charge is 0.464 e. The standard InChI is InChI=1S/C22H20N4O3/c1-13-8-9-17(25-21(27)16-7-5-4-6-14(16)2)18(10-13)26-12-15(11-23)19(24)20(26)22(28)29-3/h4-10,12H,24H2,1-3H3,(H,25,27). The number of aryl methyl sites for hydroxylation is 2. The van der Waals surface area contributed by atoms with Crippen molar-refractivity contribution in [1.82, 2.24) is 4.57 Å². The summed E-state index contributed by atoms with van der Waals surface area (Å²) in [6.45, 7) is 3.73. The molecule has 1 amide bonds. The molecule has 3 N–H and O–H groups in total. The Labute approximate surface area is 168 Å². The molecule has 2 aromatic carbocycles. The zero-order valence-electron chi connectivity index (χ0n) is 16.3. The second-order valence-electron chi connectivity index (χ2n) is 6.57. The average molecular weight is 388 g/mol. The van der Waals surface area contributed by atoms with Crippen LogP contribution in [0.2, 0.25) is 0 Å². The van der Waals surface area contributed by atoms with Gasteiger partial charge in [0, 0.05) is 11.8 Å². The Kier molecular flexibility index (Phi) is 5.37. The maximum Gasteiger partial charge on any atom is 0.357 e. The minimum Gasteiger partial charge on any atom is -0.464 e. The lowest BCUT2D eigenvalue weighted by atomic mass is 10.1. The zero-order chi connectivity index (χ0) is 21.1. The van der Waals surface area contributed by atoms with E-state index in [1.54, 1.807) is 24.3 Å². The number of nitrogens with two attached hydrogens (primary N) is 1.